The van der Waals surface area contributed by atoms with E-state index in [4.69, 9.17) is 4.52 Å². The van der Waals surface area contributed by atoms with Crippen molar-refractivity contribution in [3.05, 3.63) is 58.6 Å². The molecule has 2 heterocycles. The van der Waals surface area contributed by atoms with E-state index in [1.54, 1.807) is 16.2 Å². The smallest absolute Gasteiger partial charge is 0.227 e. The zero-order chi connectivity index (χ0) is 16.9. The van der Waals surface area contributed by atoms with Crippen molar-refractivity contribution in [1.29, 1.82) is 0 Å². The molecule has 3 rings (SSSR count). The maximum Gasteiger partial charge on any atom is 0.227 e. The number of amides is 1. The number of benzene rings is 1. The molecule has 0 radical (unpaired) electrons. The van der Waals surface area contributed by atoms with Gasteiger partial charge in [-0.1, -0.05) is 35.5 Å². The molecule has 0 spiro atoms. The standard InChI is InChI=1S/C18H19N3O2S/c1-13(14-6-4-3-5-7-14)21(2)17(22)9-8-16-19-18(20-23-16)15-10-11-24-12-15/h3-7,10-13H,8-9H2,1-2H3/t13-/m0/s1. The molecule has 0 unspecified atom stereocenters. The number of carbonyl (C=O) groups excluding carboxylic acids is 1. The second kappa shape index (κ2) is 7.40. The highest BCUT2D eigenvalue weighted by Gasteiger charge is 2.18. The monoisotopic (exact) mass is 341 g/mol. The summed E-state index contributed by atoms with van der Waals surface area (Å²) in [6, 6.07) is 12.0. The third-order valence-electron chi connectivity index (χ3n) is 4.06. The highest BCUT2D eigenvalue weighted by atomic mass is 32.1. The highest BCUT2D eigenvalue weighted by Crippen LogP contribution is 2.21. The lowest BCUT2D eigenvalue weighted by Crippen LogP contribution is -2.29. The first-order chi connectivity index (χ1) is 11.6. The number of nitrogens with zero attached hydrogens (tertiary/aromatic N) is 3. The van der Waals surface area contributed by atoms with Gasteiger partial charge in [0, 0.05) is 30.8 Å². The number of aryl methyl sites for hydroxylation is 1. The molecule has 0 bridgehead atoms. The predicted octanol–water partition coefficient (Wildman–Crippen LogP) is 3.95. The Kier molecular flexibility index (Phi) is 5.05. The summed E-state index contributed by atoms with van der Waals surface area (Å²) in [7, 11) is 1.82. The van der Waals surface area contributed by atoms with E-state index in [1.807, 2.05) is 61.1 Å². The summed E-state index contributed by atoms with van der Waals surface area (Å²) in [5, 5.41) is 7.89. The summed E-state index contributed by atoms with van der Waals surface area (Å²) in [4.78, 5) is 18.5. The first-order valence-corrected chi connectivity index (χ1v) is 8.75. The summed E-state index contributed by atoms with van der Waals surface area (Å²) < 4.78 is 5.24. The van der Waals surface area contributed by atoms with Gasteiger partial charge in [-0.05, 0) is 23.9 Å². The first kappa shape index (κ1) is 16.4. The number of thiophene rings is 1. The van der Waals surface area contributed by atoms with Crippen molar-refractivity contribution < 1.29 is 9.32 Å². The van der Waals surface area contributed by atoms with Gasteiger partial charge in [0.25, 0.3) is 0 Å². The van der Waals surface area contributed by atoms with E-state index in [0.29, 0.717) is 24.6 Å². The number of rotatable bonds is 6. The summed E-state index contributed by atoms with van der Waals surface area (Å²) in [6.45, 7) is 2.02. The number of carbonyl (C=O) groups is 1. The Hall–Kier alpha value is -2.47. The number of aromatic nitrogens is 2. The minimum Gasteiger partial charge on any atom is -0.339 e. The minimum absolute atomic E-state index is 0.0303. The van der Waals surface area contributed by atoms with Crippen molar-refractivity contribution in [1.82, 2.24) is 15.0 Å². The lowest BCUT2D eigenvalue weighted by Gasteiger charge is -2.25. The molecule has 0 saturated carbocycles. The van der Waals surface area contributed by atoms with Gasteiger partial charge in [0.15, 0.2) is 0 Å². The highest BCUT2D eigenvalue weighted by molar-refractivity contribution is 7.08. The molecule has 1 atom stereocenters. The van der Waals surface area contributed by atoms with Crippen molar-refractivity contribution in [2.45, 2.75) is 25.8 Å². The summed E-state index contributed by atoms with van der Waals surface area (Å²) in [6.07, 6.45) is 0.792. The van der Waals surface area contributed by atoms with Gasteiger partial charge >= 0.3 is 0 Å². The van der Waals surface area contributed by atoms with Crippen molar-refractivity contribution in [2.75, 3.05) is 7.05 Å². The van der Waals surface area contributed by atoms with E-state index >= 15 is 0 Å². The van der Waals surface area contributed by atoms with Gasteiger partial charge in [0.1, 0.15) is 0 Å². The maximum atomic E-state index is 12.4. The average Bonchev–Trinajstić information content (AvgIpc) is 3.30. The molecule has 24 heavy (non-hydrogen) atoms. The van der Waals surface area contributed by atoms with E-state index in [1.165, 1.54) is 0 Å². The van der Waals surface area contributed by atoms with E-state index < -0.39 is 0 Å². The van der Waals surface area contributed by atoms with Crippen LogP contribution in [-0.4, -0.2) is 28.0 Å². The lowest BCUT2D eigenvalue weighted by molar-refractivity contribution is -0.131. The molecule has 0 fully saturated rings. The normalized spacial score (nSPS) is 12.1. The van der Waals surface area contributed by atoms with Gasteiger partial charge in [0.05, 0.1) is 6.04 Å². The van der Waals surface area contributed by atoms with E-state index in [0.717, 1.165) is 11.1 Å². The fourth-order valence-electron chi connectivity index (χ4n) is 2.43. The SMILES string of the molecule is C[C@@H](c1ccccc1)N(C)C(=O)CCc1nc(-c2ccsc2)no1. The molecular formula is C18H19N3O2S. The van der Waals surface area contributed by atoms with Crippen LogP contribution < -0.4 is 0 Å². The third-order valence-corrected chi connectivity index (χ3v) is 4.74. The Morgan fingerprint density at radius 2 is 2.08 bits per heavy atom. The molecule has 124 valence electrons. The van der Waals surface area contributed by atoms with Crippen LogP contribution >= 0.6 is 11.3 Å². The van der Waals surface area contributed by atoms with Crippen molar-refractivity contribution in [2.24, 2.45) is 0 Å². The van der Waals surface area contributed by atoms with Crippen LogP contribution in [0.4, 0.5) is 0 Å². The summed E-state index contributed by atoms with van der Waals surface area (Å²) >= 11 is 1.58. The number of hydrogen-bond donors (Lipinski definition) is 0. The molecule has 0 aliphatic heterocycles. The van der Waals surface area contributed by atoms with Crippen LogP contribution in [0.1, 0.15) is 30.8 Å². The van der Waals surface area contributed by atoms with Crippen LogP contribution in [0.2, 0.25) is 0 Å². The van der Waals surface area contributed by atoms with Crippen molar-refractivity contribution in [3.63, 3.8) is 0 Å². The first-order valence-electron chi connectivity index (χ1n) is 7.81. The Bertz CT molecular complexity index is 784. The second-order valence-electron chi connectivity index (χ2n) is 5.62. The van der Waals surface area contributed by atoms with E-state index in [-0.39, 0.29) is 11.9 Å². The average molecular weight is 341 g/mol. The topological polar surface area (TPSA) is 59.2 Å². The number of hydrogen-bond acceptors (Lipinski definition) is 5. The van der Waals surface area contributed by atoms with E-state index in [2.05, 4.69) is 10.1 Å². The predicted molar refractivity (Wildman–Crippen MR) is 93.6 cm³/mol. The fraction of sp³-hybridized carbons (Fsp3) is 0.278. The molecular weight excluding hydrogens is 322 g/mol. The van der Waals surface area contributed by atoms with Crippen LogP contribution in [0.3, 0.4) is 0 Å². The molecule has 3 aromatic rings. The van der Waals surface area contributed by atoms with Gasteiger partial charge < -0.3 is 9.42 Å². The largest absolute Gasteiger partial charge is 0.339 e. The van der Waals surface area contributed by atoms with Crippen molar-refractivity contribution >= 4 is 17.2 Å². The molecule has 0 saturated heterocycles. The van der Waals surface area contributed by atoms with Gasteiger partial charge in [-0.25, -0.2) is 0 Å². The van der Waals surface area contributed by atoms with Crippen LogP contribution in [0.25, 0.3) is 11.4 Å². The van der Waals surface area contributed by atoms with Gasteiger partial charge in [0.2, 0.25) is 17.6 Å². The Labute approximate surface area is 144 Å². The van der Waals surface area contributed by atoms with Gasteiger partial charge in [-0.2, -0.15) is 16.3 Å². The molecule has 1 amide bonds. The zero-order valence-electron chi connectivity index (χ0n) is 13.7. The Balaban J connectivity index is 1.57. The van der Waals surface area contributed by atoms with Crippen LogP contribution in [0.5, 0.6) is 0 Å². The van der Waals surface area contributed by atoms with Crippen LogP contribution in [0, 0.1) is 0 Å². The molecule has 0 N–H and O–H groups in total. The quantitative estimate of drug-likeness (QED) is 0.681. The molecule has 1 aromatic carbocycles. The minimum atomic E-state index is 0.0303. The zero-order valence-corrected chi connectivity index (χ0v) is 14.5. The van der Waals surface area contributed by atoms with Gasteiger partial charge in [-0.15, -0.1) is 0 Å². The molecule has 6 heteroatoms. The van der Waals surface area contributed by atoms with Gasteiger partial charge in [-0.3, -0.25) is 4.79 Å². The molecule has 5 nitrogen and oxygen atoms in total. The molecule has 2 aromatic heterocycles. The Morgan fingerprint density at radius 1 is 1.29 bits per heavy atom. The summed E-state index contributed by atoms with van der Waals surface area (Å²) in [5.74, 6) is 1.12. The maximum absolute atomic E-state index is 12.4. The lowest BCUT2D eigenvalue weighted by atomic mass is 10.1. The molecule has 0 aliphatic rings. The van der Waals surface area contributed by atoms with Crippen molar-refractivity contribution in [3.8, 4) is 11.4 Å². The van der Waals surface area contributed by atoms with Crippen LogP contribution in [0.15, 0.2) is 51.7 Å². The Morgan fingerprint density at radius 3 is 2.79 bits per heavy atom. The third kappa shape index (κ3) is 3.71. The molecule has 0 aliphatic carbocycles. The van der Waals surface area contributed by atoms with Crippen LogP contribution in [-0.2, 0) is 11.2 Å². The van der Waals surface area contributed by atoms with E-state index in [9.17, 15) is 4.79 Å². The second-order valence-corrected chi connectivity index (χ2v) is 6.40. The fourth-order valence-corrected chi connectivity index (χ4v) is 3.06. The summed E-state index contributed by atoms with van der Waals surface area (Å²) in [5.41, 5.74) is 2.06.